The molecule has 3 heteroatoms. The standard InChI is InChI=1S/C12H13ClFN/c1-3-4-7-15-9(2)10-5-6-11(13)12(14)8-10/h1,5-6,8-9,15H,4,7H2,2H3. The van der Waals surface area contributed by atoms with E-state index in [4.69, 9.17) is 18.0 Å². The van der Waals surface area contributed by atoms with Crippen LogP contribution in [0.15, 0.2) is 18.2 Å². The number of nitrogens with one attached hydrogen (secondary N) is 1. The first-order chi connectivity index (χ1) is 7.15. The minimum Gasteiger partial charge on any atom is -0.309 e. The van der Waals surface area contributed by atoms with Gasteiger partial charge in [0.05, 0.1) is 5.02 Å². The molecule has 0 aromatic heterocycles. The van der Waals surface area contributed by atoms with Gasteiger partial charge in [0.15, 0.2) is 0 Å². The fourth-order valence-corrected chi connectivity index (χ4v) is 1.38. The molecule has 0 aliphatic rings. The van der Waals surface area contributed by atoms with Crippen LogP contribution in [0.3, 0.4) is 0 Å². The van der Waals surface area contributed by atoms with Crippen LogP contribution in [-0.2, 0) is 0 Å². The molecule has 0 bridgehead atoms. The first-order valence-corrected chi connectivity index (χ1v) is 5.14. The van der Waals surface area contributed by atoms with Crippen molar-refractivity contribution < 1.29 is 4.39 Å². The van der Waals surface area contributed by atoms with Crippen LogP contribution < -0.4 is 5.32 Å². The van der Waals surface area contributed by atoms with E-state index in [9.17, 15) is 4.39 Å². The van der Waals surface area contributed by atoms with Gasteiger partial charge >= 0.3 is 0 Å². The molecule has 0 amide bonds. The van der Waals surface area contributed by atoms with E-state index in [1.54, 1.807) is 12.1 Å². The summed E-state index contributed by atoms with van der Waals surface area (Å²) in [5, 5.41) is 3.34. The zero-order valence-corrected chi connectivity index (χ0v) is 9.31. The summed E-state index contributed by atoms with van der Waals surface area (Å²) >= 11 is 5.59. The molecule has 0 aliphatic heterocycles. The van der Waals surface area contributed by atoms with Gasteiger partial charge in [-0.25, -0.2) is 4.39 Å². The third kappa shape index (κ3) is 3.54. The minimum atomic E-state index is -0.389. The first kappa shape index (κ1) is 12.0. The van der Waals surface area contributed by atoms with Crippen molar-refractivity contribution in [1.29, 1.82) is 0 Å². The fourth-order valence-electron chi connectivity index (χ4n) is 1.26. The van der Waals surface area contributed by atoms with Crippen LogP contribution in [0.5, 0.6) is 0 Å². The average molecular weight is 226 g/mol. The lowest BCUT2D eigenvalue weighted by Gasteiger charge is -2.13. The second-order valence-electron chi connectivity index (χ2n) is 3.30. The molecule has 0 fully saturated rings. The molecule has 80 valence electrons. The highest BCUT2D eigenvalue weighted by Crippen LogP contribution is 2.19. The van der Waals surface area contributed by atoms with Gasteiger partial charge in [-0.3, -0.25) is 0 Å². The lowest BCUT2D eigenvalue weighted by atomic mass is 10.1. The molecule has 0 spiro atoms. The number of halogens is 2. The molecule has 1 atom stereocenters. The van der Waals surface area contributed by atoms with Crippen LogP contribution >= 0.6 is 11.6 Å². The summed E-state index contributed by atoms with van der Waals surface area (Å²) in [7, 11) is 0. The third-order valence-corrected chi connectivity index (χ3v) is 2.47. The van der Waals surface area contributed by atoms with Crippen LogP contribution in [0, 0.1) is 18.2 Å². The van der Waals surface area contributed by atoms with E-state index in [0.717, 1.165) is 12.1 Å². The number of rotatable bonds is 4. The first-order valence-electron chi connectivity index (χ1n) is 4.77. The number of hydrogen-bond acceptors (Lipinski definition) is 1. The smallest absolute Gasteiger partial charge is 0.142 e. The van der Waals surface area contributed by atoms with Crippen molar-refractivity contribution in [3.8, 4) is 12.3 Å². The Morgan fingerprint density at radius 3 is 2.93 bits per heavy atom. The molecule has 0 saturated carbocycles. The van der Waals surface area contributed by atoms with Crippen LogP contribution in [0.25, 0.3) is 0 Å². The van der Waals surface area contributed by atoms with Gasteiger partial charge in [-0.15, -0.1) is 12.3 Å². The quantitative estimate of drug-likeness (QED) is 0.613. The molecule has 1 rings (SSSR count). The predicted molar refractivity (Wildman–Crippen MR) is 61.3 cm³/mol. The van der Waals surface area contributed by atoms with E-state index in [-0.39, 0.29) is 16.9 Å². The SMILES string of the molecule is C#CCCNC(C)c1ccc(Cl)c(F)c1. The van der Waals surface area contributed by atoms with Gasteiger partial charge in [-0.1, -0.05) is 17.7 Å². The van der Waals surface area contributed by atoms with E-state index < -0.39 is 0 Å². The Morgan fingerprint density at radius 2 is 2.33 bits per heavy atom. The van der Waals surface area contributed by atoms with Crippen molar-refractivity contribution >= 4 is 11.6 Å². The van der Waals surface area contributed by atoms with E-state index in [0.29, 0.717) is 6.42 Å². The summed E-state index contributed by atoms with van der Waals surface area (Å²) in [5.41, 5.74) is 0.869. The van der Waals surface area contributed by atoms with Gasteiger partial charge in [-0.2, -0.15) is 0 Å². The van der Waals surface area contributed by atoms with Gasteiger partial charge in [-0.05, 0) is 24.6 Å². The molecular weight excluding hydrogens is 213 g/mol. The lowest BCUT2D eigenvalue weighted by Crippen LogP contribution is -2.19. The van der Waals surface area contributed by atoms with Crippen LogP contribution in [-0.4, -0.2) is 6.54 Å². The zero-order chi connectivity index (χ0) is 11.3. The van der Waals surface area contributed by atoms with Crippen molar-refractivity contribution in [3.05, 3.63) is 34.6 Å². The van der Waals surface area contributed by atoms with Gasteiger partial charge in [0.2, 0.25) is 0 Å². The molecule has 0 aliphatic carbocycles. The highest BCUT2D eigenvalue weighted by atomic mass is 35.5. The second kappa shape index (κ2) is 5.75. The van der Waals surface area contributed by atoms with E-state index in [1.807, 2.05) is 6.92 Å². The molecule has 0 radical (unpaired) electrons. The summed E-state index contributed by atoms with van der Waals surface area (Å²) in [5.74, 6) is 2.15. The van der Waals surface area contributed by atoms with Crippen LogP contribution in [0.4, 0.5) is 4.39 Å². The highest BCUT2D eigenvalue weighted by molar-refractivity contribution is 6.30. The number of hydrogen-bond donors (Lipinski definition) is 1. The summed E-state index contributed by atoms with van der Waals surface area (Å²) in [4.78, 5) is 0. The summed E-state index contributed by atoms with van der Waals surface area (Å²) in [6.07, 6.45) is 5.80. The molecule has 15 heavy (non-hydrogen) atoms. The van der Waals surface area contributed by atoms with Gasteiger partial charge in [0, 0.05) is 19.0 Å². The molecule has 1 N–H and O–H groups in total. The largest absolute Gasteiger partial charge is 0.309 e. The van der Waals surface area contributed by atoms with Crippen molar-refractivity contribution in [2.75, 3.05) is 6.54 Å². The molecule has 0 heterocycles. The maximum absolute atomic E-state index is 13.1. The Balaban J connectivity index is 2.62. The molecule has 0 saturated heterocycles. The van der Waals surface area contributed by atoms with Gasteiger partial charge < -0.3 is 5.32 Å². The van der Waals surface area contributed by atoms with Gasteiger partial charge in [0.1, 0.15) is 5.82 Å². The maximum Gasteiger partial charge on any atom is 0.142 e. The summed E-state index contributed by atoms with van der Waals surface area (Å²) < 4.78 is 13.1. The minimum absolute atomic E-state index is 0.0742. The van der Waals surface area contributed by atoms with Crippen LogP contribution in [0.2, 0.25) is 5.02 Å². The monoisotopic (exact) mass is 225 g/mol. The van der Waals surface area contributed by atoms with E-state index in [1.165, 1.54) is 6.07 Å². The molecular formula is C12H13ClFN. The third-order valence-electron chi connectivity index (χ3n) is 2.16. The lowest BCUT2D eigenvalue weighted by molar-refractivity contribution is 0.573. The Bertz CT molecular complexity index is 370. The predicted octanol–water partition coefficient (Wildman–Crippen LogP) is 3.15. The maximum atomic E-state index is 13.1. The molecule has 1 aromatic rings. The second-order valence-corrected chi connectivity index (χ2v) is 3.71. The number of terminal acetylenes is 1. The zero-order valence-electron chi connectivity index (χ0n) is 8.56. The fraction of sp³-hybridized carbons (Fsp3) is 0.333. The van der Waals surface area contributed by atoms with E-state index >= 15 is 0 Å². The van der Waals surface area contributed by atoms with Crippen molar-refractivity contribution in [2.45, 2.75) is 19.4 Å². The Labute approximate surface area is 94.6 Å². The van der Waals surface area contributed by atoms with Crippen molar-refractivity contribution in [2.24, 2.45) is 0 Å². The average Bonchev–Trinajstić information content (AvgIpc) is 2.22. The molecule has 1 aromatic carbocycles. The molecule has 1 nitrogen and oxygen atoms in total. The normalized spacial score (nSPS) is 12.1. The Morgan fingerprint density at radius 1 is 1.60 bits per heavy atom. The van der Waals surface area contributed by atoms with Crippen molar-refractivity contribution in [1.82, 2.24) is 5.32 Å². The van der Waals surface area contributed by atoms with Gasteiger partial charge in [0.25, 0.3) is 0 Å². The summed E-state index contributed by atoms with van der Waals surface area (Å²) in [6, 6.07) is 4.88. The number of benzene rings is 1. The van der Waals surface area contributed by atoms with E-state index in [2.05, 4.69) is 11.2 Å². The molecule has 1 unspecified atom stereocenters. The Kier molecular flexibility index (Phi) is 4.61. The van der Waals surface area contributed by atoms with Crippen LogP contribution in [0.1, 0.15) is 24.9 Å². The van der Waals surface area contributed by atoms with Crippen molar-refractivity contribution in [3.63, 3.8) is 0 Å². The summed E-state index contributed by atoms with van der Waals surface area (Å²) in [6.45, 7) is 2.68. The highest BCUT2D eigenvalue weighted by Gasteiger charge is 2.07. The Hall–Kier alpha value is -1.04. The topological polar surface area (TPSA) is 12.0 Å².